The van der Waals surface area contributed by atoms with Crippen LogP contribution < -0.4 is 16.0 Å². The molecule has 3 rings (SSSR count). The lowest BCUT2D eigenvalue weighted by atomic mass is 9.85. The Hall–Kier alpha value is -2.65. The quantitative estimate of drug-likeness (QED) is 0.509. The second-order valence-electron chi connectivity index (χ2n) is 8.20. The first-order valence-corrected chi connectivity index (χ1v) is 10.9. The zero-order valence-corrected chi connectivity index (χ0v) is 19.1. The Kier molecular flexibility index (Phi) is 8.25. The smallest absolute Gasteiger partial charge is 0.243 e. The normalized spacial score (nSPS) is 19.0. The molecule has 0 bridgehead atoms. The fourth-order valence-corrected chi connectivity index (χ4v) is 3.76. The molecule has 168 valence electrons. The summed E-state index contributed by atoms with van der Waals surface area (Å²) >= 11 is 6.33. The molecule has 1 amide bonds. The third kappa shape index (κ3) is 7.52. The fraction of sp³-hybridized carbons (Fsp3) is 0.524. The molecule has 2 heterocycles. The van der Waals surface area contributed by atoms with Gasteiger partial charge in [0.25, 0.3) is 0 Å². The summed E-state index contributed by atoms with van der Waals surface area (Å²) in [5, 5.41) is 14.2. The summed E-state index contributed by atoms with van der Waals surface area (Å²) in [6.07, 6.45) is 12.8. The van der Waals surface area contributed by atoms with Gasteiger partial charge in [-0.05, 0) is 39.3 Å². The van der Waals surface area contributed by atoms with Gasteiger partial charge in [0, 0.05) is 38.5 Å². The highest BCUT2D eigenvalue weighted by molar-refractivity contribution is 6.32. The highest BCUT2D eigenvalue weighted by Crippen LogP contribution is 2.29. The van der Waals surface area contributed by atoms with Crippen LogP contribution in [0.1, 0.15) is 25.7 Å². The van der Waals surface area contributed by atoms with Crippen LogP contribution in [0.15, 0.2) is 30.7 Å². The minimum Gasteiger partial charge on any atom is -0.366 e. The largest absolute Gasteiger partial charge is 0.366 e. The number of halogens is 1. The SMILES string of the molecule is CN(C)C/C=C/C(=O)NCC1CCCC(Nc2nc(Nc3cnn(C)c3)ncc2Cl)C1. The molecule has 0 radical (unpaired) electrons. The van der Waals surface area contributed by atoms with E-state index in [1.807, 2.05) is 38.3 Å². The Morgan fingerprint density at radius 1 is 1.35 bits per heavy atom. The number of amides is 1. The summed E-state index contributed by atoms with van der Waals surface area (Å²) in [5.74, 6) is 1.46. The predicted octanol–water partition coefficient (Wildman–Crippen LogP) is 2.81. The molecule has 2 unspecified atom stereocenters. The van der Waals surface area contributed by atoms with Crippen molar-refractivity contribution < 1.29 is 4.79 Å². The van der Waals surface area contributed by atoms with Crippen molar-refractivity contribution in [2.75, 3.05) is 37.8 Å². The average molecular weight is 447 g/mol. The molecule has 10 heteroatoms. The van der Waals surface area contributed by atoms with Crippen LogP contribution in [0, 0.1) is 5.92 Å². The molecule has 1 saturated carbocycles. The molecule has 0 spiro atoms. The van der Waals surface area contributed by atoms with E-state index in [1.165, 1.54) is 0 Å². The second-order valence-corrected chi connectivity index (χ2v) is 8.61. The third-order valence-electron chi connectivity index (χ3n) is 5.13. The molecule has 1 aliphatic carbocycles. The number of rotatable bonds is 9. The molecule has 0 aromatic carbocycles. The van der Waals surface area contributed by atoms with Crippen LogP contribution in [-0.2, 0) is 11.8 Å². The van der Waals surface area contributed by atoms with Gasteiger partial charge < -0.3 is 20.9 Å². The van der Waals surface area contributed by atoms with Gasteiger partial charge >= 0.3 is 0 Å². The minimum atomic E-state index is -0.0399. The Morgan fingerprint density at radius 2 is 2.19 bits per heavy atom. The van der Waals surface area contributed by atoms with Gasteiger partial charge in [0.05, 0.1) is 18.1 Å². The van der Waals surface area contributed by atoms with Crippen LogP contribution in [0.5, 0.6) is 0 Å². The number of carbonyl (C=O) groups is 1. The maximum absolute atomic E-state index is 12.0. The lowest BCUT2D eigenvalue weighted by Crippen LogP contribution is -2.35. The summed E-state index contributed by atoms with van der Waals surface area (Å²) in [4.78, 5) is 22.8. The maximum Gasteiger partial charge on any atom is 0.243 e. The number of hydrogen-bond donors (Lipinski definition) is 3. The Bertz CT molecular complexity index is 897. The molecule has 2 aromatic heterocycles. The standard InChI is InChI=1S/C21H31ClN8O/c1-29(2)9-5-8-19(31)23-11-15-6-4-7-16(10-15)26-20-18(22)13-24-21(28-20)27-17-12-25-30(3)14-17/h5,8,12-16H,4,6-7,9-11H2,1-3H3,(H,23,31)(H2,24,26,27,28)/b8-5+. The number of aryl methyl sites for hydroxylation is 1. The summed E-state index contributed by atoms with van der Waals surface area (Å²) in [6.45, 7) is 1.43. The van der Waals surface area contributed by atoms with Gasteiger partial charge in [0.2, 0.25) is 11.9 Å². The van der Waals surface area contributed by atoms with Crippen molar-refractivity contribution in [1.82, 2.24) is 30.0 Å². The van der Waals surface area contributed by atoms with Gasteiger partial charge in [-0.25, -0.2) is 4.98 Å². The van der Waals surface area contributed by atoms with Crippen LogP contribution >= 0.6 is 11.6 Å². The van der Waals surface area contributed by atoms with E-state index in [0.29, 0.717) is 29.3 Å². The van der Waals surface area contributed by atoms with Crippen LogP contribution in [0.3, 0.4) is 0 Å². The second kappa shape index (κ2) is 11.1. The molecule has 3 N–H and O–H groups in total. The molecule has 31 heavy (non-hydrogen) atoms. The highest BCUT2D eigenvalue weighted by Gasteiger charge is 2.23. The van der Waals surface area contributed by atoms with Crippen LogP contribution in [0.2, 0.25) is 5.02 Å². The van der Waals surface area contributed by atoms with Crippen molar-refractivity contribution in [3.05, 3.63) is 35.8 Å². The van der Waals surface area contributed by atoms with E-state index in [1.54, 1.807) is 23.2 Å². The van der Waals surface area contributed by atoms with Crippen LogP contribution in [-0.4, -0.2) is 63.8 Å². The number of aromatic nitrogens is 4. The lowest BCUT2D eigenvalue weighted by molar-refractivity contribution is -0.116. The van der Waals surface area contributed by atoms with Gasteiger partial charge in [-0.2, -0.15) is 10.1 Å². The topological polar surface area (TPSA) is 100 Å². The molecule has 0 aliphatic heterocycles. The minimum absolute atomic E-state index is 0.0399. The van der Waals surface area contributed by atoms with Gasteiger partial charge in [-0.1, -0.05) is 24.1 Å². The summed E-state index contributed by atoms with van der Waals surface area (Å²) in [6, 6.07) is 0.249. The number of likely N-dealkylation sites (N-methyl/N-ethyl adjacent to an activating group) is 1. The molecular weight excluding hydrogens is 416 g/mol. The first-order valence-electron chi connectivity index (χ1n) is 10.5. The Balaban J connectivity index is 1.52. The fourth-order valence-electron chi connectivity index (χ4n) is 3.62. The molecule has 1 aliphatic rings. The van der Waals surface area contributed by atoms with Crippen LogP contribution in [0.4, 0.5) is 17.5 Å². The number of carbonyl (C=O) groups excluding carboxylic acids is 1. The summed E-state index contributed by atoms with van der Waals surface area (Å²) in [7, 11) is 5.79. The maximum atomic E-state index is 12.0. The monoisotopic (exact) mass is 446 g/mol. The molecule has 2 atom stereocenters. The molecule has 2 aromatic rings. The van der Waals surface area contributed by atoms with Crippen LogP contribution in [0.25, 0.3) is 0 Å². The van der Waals surface area contributed by atoms with E-state index in [0.717, 1.165) is 37.9 Å². The number of nitrogens with zero attached hydrogens (tertiary/aromatic N) is 5. The Labute approximate surface area is 188 Å². The first-order chi connectivity index (χ1) is 14.9. The van der Waals surface area contributed by atoms with Gasteiger partial charge in [0.1, 0.15) is 5.02 Å². The van der Waals surface area contributed by atoms with E-state index in [-0.39, 0.29) is 11.9 Å². The highest BCUT2D eigenvalue weighted by atomic mass is 35.5. The zero-order chi connectivity index (χ0) is 22.2. The summed E-state index contributed by atoms with van der Waals surface area (Å²) in [5.41, 5.74) is 0.809. The zero-order valence-electron chi connectivity index (χ0n) is 18.3. The molecule has 0 saturated heterocycles. The van der Waals surface area contributed by atoms with E-state index >= 15 is 0 Å². The van der Waals surface area contributed by atoms with Gasteiger partial charge in [0.15, 0.2) is 5.82 Å². The molecular formula is C21H31ClN8O. The number of anilines is 3. The van der Waals surface area contributed by atoms with E-state index < -0.39 is 0 Å². The van der Waals surface area contributed by atoms with Crippen molar-refractivity contribution in [3.8, 4) is 0 Å². The summed E-state index contributed by atoms with van der Waals surface area (Å²) < 4.78 is 1.70. The average Bonchev–Trinajstić information content (AvgIpc) is 3.13. The van der Waals surface area contributed by atoms with Crippen molar-refractivity contribution >= 4 is 35.0 Å². The van der Waals surface area contributed by atoms with E-state index in [2.05, 4.69) is 31.0 Å². The first kappa shape index (κ1) is 23.0. The van der Waals surface area contributed by atoms with Crippen molar-refractivity contribution in [2.24, 2.45) is 13.0 Å². The third-order valence-corrected chi connectivity index (χ3v) is 5.41. The lowest BCUT2D eigenvalue weighted by Gasteiger charge is -2.30. The Morgan fingerprint density at radius 3 is 2.94 bits per heavy atom. The molecule has 9 nitrogen and oxygen atoms in total. The van der Waals surface area contributed by atoms with E-state index in [4.69, 9.17) is 11.6 Å². The van der Waals surface area contributed by atoms with Crippen molar-refractivity contribution in [1.29, 1.82) is 0 Å². The van der Waals surface area contributed by atoms with Crippen molar-refractivity contribution in [3.63, 3.8) is 0 Å². The number of nitrogens with one attached hydrogen (secondary N) is 3. The van der Waals surface area contributed by atoms with E-state index in [9.17, 15) is 4.79 Å². The number of hydrogen-bond acceptors (Lipinski definition) is 7. The van der Waals surface area contributed by atoms with Gasteiger partial charge in [-0.3, -0.25) is 9.48 Å². The van der Waals surface area contributed by atoms with Crippen molar-refractivity contribution in [2.45, 2.75) is 31.7 Å². The molecule has 1 fully saturated rings. The predicted molar refractivity (Wildman–Crippen MR) is 124 cm³/mol. The van der Waals surface area contributed by atoms with Gasteiger partial charge in [-0.15, -0.1) is 0 Å².